The van der Waals surface area contributed by atoms with E-state index in [1.165, 1.54) is 16.3 Å². The van der Waals surface area contributed by atoms with Gasteiger partial charge in [-0.25, -0.2) is 4.79 Å². The summed E-state index contributed by atoms with van der Waals surface area (Å²) >= 11 is 0. The molecule has 0 fully saturated rings. The Hall–Kier alpha value is -2.09. The van der Waals surface area contributed by atoms with Crippen LogP contribution >= 0.6 is 0 Å². The predicted molar refractivity (Wildman–Crippen MR) is 79.0 cm³/mol. The Morgan fingerprint density at radius 3 is 2.58 bits per heavy atom. The maximum atomic E-state index is 11.4. The number of rotatable bonds is 3. The third kappa shape index (κ3) is 3.22. The van der Waals surface area contributed by atoms with Gasteiger partial charge < -0.3 is 4.74 Å². The number of aryl methyl sites for hydroxylation is 1. The van der Waals surface area contributed by atoms with E-state index in [-0.39, 0.29) is 5.97 Å². The van der Waals surface area contributed by atoms with Crippen LogP contribution in [0.3, 0.4) is 0 Å². The van der Waals surface area contributed by atoms with Crippen molar-refractivity contribution in [1.29, 1.82) is 0 Å². The Balaban J connectivity index is 2.35. The molecule has 0 aliphatic rings. The van der Waals surface area contributed by atoms with Crippen molar-refractivity contribution in [2.75, 3.05) is 6.61 Å². The molecule has 2 aromatic carbocycles. The van der Waals surface area contributed by atoms with E-state index in [0.717, 1.165) is 11.1 Å². The van der Waals surface area contributed by atoms with E-state index in [9.17, 15) is 4.79 Å². The fourth-order valence-electron chi connectivity index (χ4n) is 2.05. The fraction of sp³-hybridized carbons (Fsp3) is 0.235. The summed E-state index contributed by atoms with van der Waals surface area (Å²) in [5.41, 5.74) is 3.21. The van der Waals surface area contributed by atoms with Crippen molar-refractivity contribution in [3.63, 3.8) is 0 Å². The van der Waals surface area contributed by atoms with Crippen molar-refractivity contribution >= 4 is 22.3 Å². The van der Waals surface area contributed by atoms with Crippen LogP contribution in [0.25, 0.3) is 16.3 Å². The number of carbonyl (C=O) groups excluding carboxylic acids is 1. The largest absolute Gasteiger partial charge is 0.463 e. The average Bonchev–Trinajstić information content (AvgIpc) is 2.38. The first-order valence-electron chi connectivity index (χ1n) is 6.46. The summed E-state index contributed by atoms with van der Waals surface area (Å²) in [6, 6.07) is 12.6. The number of ether oxygens (including phenoxy) is 1. The zero-order valence-corrected chi connectivity index (χ0v) is 11.6. The average molecular weight is 254 g/mol. The number of carbonyl (C=O) groups is 1. The van der Waals surface area contributed by atoms with E-state index in [0.29, 0.717) is 6.61 Å². The molecule has 0 aliphatic heterocycles. The van der Waals surface area contributed by atoms with Crippen LogP contribution in [0, 0.1) is 6.92 Å². The topological polar surface area (TPSA) is 26.3 Å². The van der Waals surface area contributed by atoms with E-state index >= 15 is 0 Å². The normalized spacial score (nSPS) is 11.6. The van der Waals surface area contributed by atoms with Gasteiger partial charge in [0, 0.05) is 6.08 Å². The molecule has 0 aromatic heterocycles. The second-order valence-corrected chi connectivity index (χ2v) is 4.64. The van der Waals surface area contributed by atoms with Gasteiger partial charge in [-0.15, -0.1) is 0 Å². The van der Waals surface area contributed by atoms with Crippen LogP contribution in [-0.4, -0.2) is 12.6 Å². The molecule has 2 heteroatoms. The summed E-state index contributed by atoms with van der Waals surface area (Å²) in [5.74, 6) is -0.288. The van der Waals surface area contributed by atoms with E-state index in [2.05, 4.69) is 37.3 Å². The minimum atomic E-state index is -0.288. The Labute approximate surface area is 113 Å². The number of benzene rings is 2. The first-order valence-corrected chi connectivity index (χ1v) is 6.46. The van der Waals surface area contributed by atoms with Crippen LogP contribution in [0.15, 0.2) is 42.5 Å². The molecule has 98 valence electrons. The Bertz CT molecular complexity index is 639. The molecular formula is C17H18O2. The molecule has 2 rings (SSSR count). The lowest BCUT2D eigenvalue weighted by Gasteiger charge is -2.05. The standard InChI is InChI=1S/C17H18O2/c1-4-19-17(18)10-13(3)14-7-8-15-9-12(2)5-6-16(15)11-14/h5-11H,4H2,1-3H3. The molecule has 19 heavy (non-hydrogen) atoms. The molecule has 0 atom stereocenters. The van der Waals surface area contributed by atoms with E-state index in [1.807, 2.05) is 13.0 Å². The van der Waals surface area contributed by atoms with Crippen LogP contribution in [0.1, 0.15) is 25.0 Å². The molecule has 0 bridgehead atoms. The molecule has 0 unspecified atom stereocenters. The second-order valence-electron chi connectivity index (χ2n) is 4.64. The molecule has 2 aromatic rings. The third-order valence-electron chi connectivity index (χ3n) is 3.07. The second kappa shape index (κ2) is 5.70. The third-order valence-corrected chi connectivity index (χ3v) is 3.07. The fourth-order valence-corrected chi connectivity index (χ4v) is 2.05. The van der Waals surface area contributed by atoms with Crippen LogP contribution in [0.4, 0.5) is 0 Å². The lowest BCUT2D eigenvalue weighted by atomic mass is 10.0. The van der Waals surface area contributed by atoms with Crippen LogP contribution in [-0.2, 0) is 9.53 Å². The Morgan fingerprint density at radius 2 is 1.84 bits per heavy atom. The van der Waals surface area contributed by atoms with Crippen molar-refractivity contribution in [2.45, 2.75) is 20.8 Å². The van der Waals surface area contributed by atoms with Crippen molar-refractivity contribution in [2.24, 2.45) is 0 Å². The minimum Gasteiger partial charge on any atom is -0.463 e. The van der Waals surface area contributed by atoms with Gasteiger partial charge in [0.2, 0.25) is 0 Å². The zero-order chi connectivity index (χ0) is 13.8. The van der Waals surface area contributed by atoms with Crippen LogP contribution < -0.4 is 0 Å². The highest BCUT2D eigenvalue weighted by Crippen LogP contribution is 2.22. The van der Waals surface area contributed by atoms with E-state index in [1.54, 1.807) is 13.0 Å². The number of hydrogen-bond acceptors (Lipinski definition) is 2. The Kier molecular flexibility index (Phi) is 4.00. The maximum absolute atomic E-state index is 11.4. The van der Waals surface area contributed by atoms with Gasteiger partial charge in [-0.05, 0) is 48.7 Å². The lowest BCUT2D eigenvalue weighted by Crippen LogP contribution is -2.00. The summed E-state index contributed by atoms with van der Waals surface area (Å²) in [6.45, 7) is 6.21. The lowest BCUT2D eigenvalue weighted by molar-refractivity contribution is -0.137. The number of fused-ring (bicyclic) bond motifs is 1. The molecule has 2 nitrogen and oxygen atoms in total. The smallest absolute Gasteiger partial charge is 0.331 e. The van der Waals surface area contributed by atoms with Gasteiger partial charge in [0.05, 0.1) is 6.61 Å². The number of allylic oxidation sites excluding steroid dienone is 1. The van der Waals surface area contributed by atoms with Gasteiger partial charge in [-0.2, -0.15) is 0 Å². The predicted octanol–water partition coefficient (Wildman–Crippen LogP) is 4.11. The highest BCUT2D eigenvalue weighted by Gasteiger charge is 2.02. The first-order chi connectivity index (χ1) is 9.10. The Morgan fingerprint density at radius 1 is 1.16 bits per heavy atom. The van der Waals surface area contributed by atoms with Gasteiger partial charge in [0.15, 0.2) is 0 Å². The van der Waals surface area contributed by atoms with E-state index in [4.69, 9.17) is 4.74 Å². The monoisotopic (exact) mass is 254 g/mol. The van der Waals surface area contributed by atoms with Crippen LogP contribution in [0.2, 0.25) is 0 Å². The zero-order valence-electron chi connectivity index (χ0n) is 11.6. The molecule has 0 radical (unpaired) electrons. The van der Waals surface area contributed by atoms with Gasteiger partial charge in [0.1, 0.15) is 0 Å². The van der Waals surface area contributed by atoms with Gasteiger partial charge >= 0.3 is 5.97 Å². The van der Waals surface area contributed by atoms with Crippen molar-refractivity contribution < 1.29 is 9.53 Å². The summed E-state index contributed by atoms with van der Waals surface area (Å²) < 4.78 is 4.92. The molecular weight excluding hydrogens is 236 g/mol. The van der Waals surface area contributed by atoms with Crippen molar-refractivity contribution in [1.82, 2.24) is 0 Å². The molecule has 0 amide bonds. The maximum Gasteiger partial charge on any atom is 0.331 e. The summed E-state index contributed by atoms with van der Waals surface area (Å²) in [4.78, 5) is 11.4. The molecule has 0 N–H and O–H groups in total. The summed E-state index contributed by atoms with van der Waals surface area (Å²) in [6.07, 6.45) is 1.54. The SMILES string of the molecule is CCOC(=O)C=C(C)c1ccc2cc(C)ccc2c1. The van der Waals surface area contributed by atoms with Gasteiger partial charge in [-0.3, -0.25) is 0 Å². The van der Waals surface area contributed by atoms with Gasteiger partial charge in [0.25, 0.3) is 0 Å². The number of esters is 1. The first kappa shape index (κ1) is 13.3. The highest BCUT2D eigenvalue weighted by molar-refractivity contribution is 5.93. The molecule has 0 saturated heterocycles. The molecule has 0 aliphatic carbocycles. The van der Waals surface area contributed by atoms with Gasteiger partial charge in [-0.1, -0.05) is 35.9 Å². The molecule has 0 spiro atoms. The molecule has 0 heterocycles. The summed E-state index contributed by atoms with van der Waals surface area (Å²) in [5, 5.41) is 2.40. The van der Waals surface area contributed by atoms with Crippen molar-refractivity contribution in [3.05, 3.63) is 53.6 Å². The molecule has 0 saturated carbocycles. The van der Waals surface area contributed by atoms with E-state index < -0.39 is 0 Å². The number of hydrogen-bond donors (Lipinski definition) is 0. The van der Waals surface area contributed by atoms with Crippen LogP contribution in [0.5, 0.6) is 0 Å². The minimum absolute atomic E-state index is 0.288. The summed E-state index contributed by atoms with van der Waals surface area (Å²) in [7, 11) is 0. The highest BCUT2D eigenvalue weighted by atomic mass is 16.5. The van der Waals surface area contributed by atoms with Crippen molar-refractivity contribution in [3.8, 4) is 0 Å². The quantitative estimate of drug-likeness (QED) is 0.608.